The van der Waals surface area contributed by atoms with Gasteiger partial charge in [0.05, 0.1) is 17.9 Å². The molecule has 1 amide bonds. The fourth-order valence-electron chi connectivity index (χ4n) is 4.14. The Labute approximate surface area is 164 Å². The highest BCUT2D eigenvalue weighted by atomic mass is 16.7. The Morgan fingerprint density at radius 3 is 2.89 bits per heavy atom. The van der Waals surface area contributed by atoms with E-state index in [-0.39, 0.29) is 18.7 Å². The summed E-state index contributed by atoms with van der Waals surface area (Å²) < 4.78 is 11.1. The average molecular weight is 379 g/mol. The van der Waals surface area contributed by atoms with Crippen LogP contribution in [-0.4, -0.2) is 35.2 Å². The highest BCUT2D eigenvalue weighted by Gasteiger charge is 2.30. The summed E-state index contributed by atoms with van der Waals surface area (Å²) in [6, 6.07) is 9.82. The Balaban J connectivity index is 1.28. The van der Waals surface area contributed by atoms with Gasteiger partial charge in [-0.1, -0.05) is 18.6 Å². The summed E-state index contributed by atoms with van der Waals surface area (Å²) in [5.41, 5.74) is 2.99. The first-order chi connectivity index (χ1) is 13.8. The summed E-state index contributed by atoms with van der Waals surface area (Å²) in [6.07, 6.45) is 7.29. The number of carbonyl (C=O) groups is 1. The van der Waals surface area contributed by atoms with Gasteiger partial charge in [0.1, 0.15) is 0 Å². The summed E-state index contributed by atoms with van der Waals surface area (Å²) in [7, 11) is 0. The number of para-hydroxylation sites is 1. The standard InChI is InChI=1S/C22H25N3O3/c26-22(24-17-9-10-18(23-12-17)15-7-8-15)19-5-1-2-11-25(19)13-16-4-3-6-20-21(16)28-14-27-20/h3-4,6,9-10,12,15,19H,1-2,5,7-8,11,13-14H2,(H,24,26)/t19-/m1/s1. The van der Waals surface area contributed by atoms with E-state index >= 15 is 0 Å². The molecule has 0 bridgehead atoms. The smallest absolute Gasteiger partial charge is 0.241 e. The largest absolute Gasteiger partial charge is 0.454 e. The number of amides is 1. The second-order valence-corrected chi connectivity index (χ2v) is 7.87. The van der Waals surface area contributed by atoms with E-state index in [0.29, 0.717) is 12.5 Å². The van der Waals surface area contributed by atoms with E-state index in [9.17, 15) is 4.79 Å². The Kier molecular flexibility index (Phi) is 4.64. The summed E-state index contributed by atoms with van der Waals surface area (Å²) >= 11 is 0. The van der Waals surface area contributed by atoms with Gasteiger partial charge in [-0.15, -0.1) is 0 Å². The third-order valence-electron chi connectivity index (χ3n) is 5.82. The van der Waals surface area contributed by atoms with E-state index in [0.717, 1.165) is 54.3 Å². The van der Waals surface area contributed by atoms with Crippen molar-refractivity contribution in [3.63, 3.8) is 0 Å². The molecule has 2 aromatic rings. The van der Waals surface area contributed by atoms with Gasteiger partial charge in [0.15, 0.2) is 11.5 Å². The molecule has 3 heterocycles. The van der Waals surface area contributed by atoms with Crippen molar-refractivity contribution in [2.24, 2.45) is 0 Å². The molecule has 0 unspecified atom stereocenters. The van der Waals surface area contributed by atoms with Crippen molar-refractivity contribution in [1.82, 2.24) is 9.88 Å². The third-order valence-corrected chi connectivity index (χ3v) is 5.82. The van der Waals surface area contributed by atoms with Crippen LogP contribution in [0.15, 0.2) is 36.5 Å². The predicted octanol–water partition coefficient (Wildman–Crippen LogP) is 3.68. The molecule has 2 aliphatic heterocycles. The number of fused-ring (bicyclic) bond motifs is 1. The molecule has 0 radical (unpaired) electrons. The van der Waals surface area contributed by atoms with Gasteiger partial charge in [0.25, 0.3) is 0 Å². The number of carbonyl (C=O) groups excluding carboxylic acids is 1. The fraction of sp³-hybridized carbons (Fsp3) is 0.455. The highest BCUT2D eigenvalue weighted by Crippen LogP contribution is 2.39. The number of pyridine rings is 1. The van der Waals surface area contributed by atoms with Gasteiger partial charge in [-0.05, 0) is 50.4 Å². The lowest BCUT2D eigenvalue weighted by Crippen LogP contribution is -2.46. The molecule has 1 saturated heterocycles. The van der Waals surface area contributed by atoms with Crippen LogP contribution in [0.4, 0.5) is 5.69 Å². The van der Waals surface area contributed by atoms with E-state index in [1.54, 1.807) is 6.20 Å². The van der Waals surface area contributed by atoms with Crippen LogP contribution in [0.5, 0.6) is 11.5 Å². The van der Waals surface area contributed by atoms with Gasteiger partial charge >= 0.3 is 0 Å². The third kappa shape index (κ3) is 3.56. The van der Waals surface area contributed by atoms with Gasteiger partial charge in [-0.25, -0.2) is 0 Å². The van der Waals surface area contributed by atoms with E-state index in [4.69, 9.17) is 9.47 Å². The number of ether oxygens (including phenoxy) is 2. The quantitative estimate of drug-likeness (QED) is 0.859. The van der Waals surface area contributed by atoms with Gasteiger partial charge in [0, 0.05) is 23.7 Å². The number of nitrogens with one attached hydrogen (secondary N) is 1. The van der Waals surface area contributed by atoms with Gasteiger partial charge < -0.3 is 14.8 Å². The minimum absolute atomic E-state index is 0.0467. The topological polar surface area (TPSA) is 63.7 Å². The van der Waals surface area contributed by atoms with Crippen molar-refractivity contribution in [2.75, 3.05) is 18.7 Å². The molecule has 3 aliphatic rings. The SMILES string of the molecule is O=C(Nc1ccc(C2CC2)nc1)[C@H]1CCCCN1Cc1cccc2c1OCO2. The maximum Gasteiger partial charge on any atom is 0.241 e. The van der Waals surface area contributed by atoms with Crippen molar-refractivity contribution in [3.8, 4) is 11.5 Å². The number of hydrogen-bond donors (Lipinski definition) is 1. The number of likely N-dealkylation sites (tertiary alicyclic amines) is 1. The lowest BCUT2D eigenvalue weighted by atomic mass is 10.00. The molecule has 6 heteroatoms. The minimum Gasteiger partial charge on any atom is -0.454 e. The summed E-state index contributed by atoms with van der Waals surface area (Å²) in [5, 5.41) is 3.07. The van der Waals surface area contributed by atoms with Gasteiger partial charge in [-0.2, -0.15) is 0 Å². The van der Waals surface area contributed by atoms with Crippen LogP contribution in [0.2, 0.25) is 0 Å². The second kappa shape index (κ2) is 7.43. The lowest BCUT2D eigenvalue weighted by Gasteiger charge is -2.34. The van der Waals surface area contributed by atoms with E-state index < -0.39 is 0 Å². The monoisotopic (exact) mass is 379 g/mol. The Hall–Kier alpha value is -2.60. The van der Waals surface area contributed by atoms with E-state index in [1.165, 1.54) is 12.8 Å². The molecule has 0 spiro atoms. The van der Waals surface area contributed by atoms with E-state index in [1.807, 2.05) is 24.3 Å². The molecule has 1 atom stereocenters. The zero-order chi connectivity index (χ0) is 18.9. The van der Waals surface area contributed by atoms with Crippen LogP contribution < -0.4 is 14.8 Å². The molecule has 28 heavy (non-hydrogen) atoms. The van der Waals surface area contributed by atoms with Crippen molar-refractivity contribution < 1.29 is 14.3 Å². The zero-order valence-corrected chi connectivity index (χ0v) is 15.9. The maximum absolute atomic E-state index is 13.0. The van der Waals surface area contributed by atoms with Crippen molar-refractivity contribution in [3.05, 3.63) is 47.8 Å². The highest BCUT2D eigenvalue weighted by molar-refractivity contribution is 5.94. The number of benzene rings is 1. The normalized spacial score (nSPS) is 21.5. The van der Waals surface area contributed by atoms with Crippen LogP contribution in [0.1, 0.15) is 49.3 Å². The van der Waals surface area contributed by atoms with Crippen molar-refractivity contribution in [2.45, 2.75) is 50.6 Å². The summed E-state index contributed by atoms with van der Waals surface area (Å²) in [4.78, 5) is 19.8. The fourth-order valence-corrected chi connectivity index (χ4v) is 4.14. The lowest BCUT2D eigenvalue weighted by molar-refractivity contribution is -0.122. The number of hydrogen-bond acceptors (Lipinski definition) is 5. The summed E-state index contributed by atoms with van der Waals surface area (Å²) in [6.45, 7) is 1.85. The molecular weight excluding hydrogens is 354 g/mol. The Bertz CT molecular complexity index is 864. The van der Waals surface area contributed by atoms with Crippen LogP contribution >= 0.6 is 0 Å². The first-order valence-corrected chi connectivity index (χ1v) is 10.2. The molecule has 6 nitrogen and oxygen atoms in total. The molecule has 146 valence electrons. The van der Waals surface area contributed by atoms with Crippen LogP contribution in [-0.2, 0) is 11.3 Å². The molecule has 1 N–H and O–H groups in total. The Morgan fingerprint density at radius 2 is 2.07 bits per heavy atom. The van der Waals surface area contributed by atoms with Crippen LogP contribution in [0.25, 0.3) is 0 Å². The van der Waals surface area contributed by atoms with E-state index in [2.05, 4.69) is 21.3 Å². The van der Waals surface area contributed by atoms with Crippen LogP contribution in [0, 0.1) is 0 Å². The maximum atomic E-state index is 13.0. The van der Waals surface area contributed by atoms with Crippen molar-refractivity contribution in [1.29, 1.82) is 0 Å². The minimum atomic E-state index is -0.143. The first kappa shape index (κ1) is 17.5. The molecule has 1 aliphatic carbocycles. The number of rotatable bonds is 5. The average Bonchev–Trinajstić information content (AvgIpc) is 3.46. The molecule has 1 aromatic carbocycles. The number of aromatic nitrogens is 1. The van der Waals surface area contributed by atoms with Crippen LogP contribution in [0.3, 0.4) is 0 Å². The van der Waals surface area contributed by atoms with Gasteiger partial charge in [-0.3, -0.25) is 14.7 Å². The second-order valence-electron chi connectivity index (χ2n) is 7.87. The molecule has 1 aromatic heterocycles. The van der Waals surface area contributed by atoms with Crippen molar-refractivity contribution >= 4 is 11.6 Å². The summed E-state index contributed by atoms with van der Waals surface area (Å²) in [5.74, 6) is 2.27. The Morgan fingerprint density at radius 1 is 1.14 bits per heavy atom. The molecule has 2 fully saturated rings. The zero-order valence-electron chi connectivity index (χ0n) is 15.9. The molecular formula is C22H25N3O3. The number of anilines is 1. The van der Waals surface area contributed by atoms with Gasteiger partial charge in [0.2, 0.25) is 12.7 Å². The number of piperidine rings is 1. The molecule has 5 rings (SSSR count). The predicted molar refractivity (Wildman–Crippen MR) is 105 cm³/mol. The number of nitrogens with zero attached hydrogens (tertiary/aromatic N) is 2. The first-order valence-electron chi connectivity index (χ1n) is 10.2. The molecule has 1 saturated carbocycles.